The first-order valence-electron chi connectivity index (χ1n) is 10.7. The molecule has 0 spiro atoms. The van der Waals surface area contributed by atoms with E-state index in [0.717, 1.165) is 24.0 Å². The van der Waals surface area contributed by atoms with Crippen molar-refractivity contribution in [3.8, 4) is 0 Å². The van der Waals surface area contributed by atoms with Crippen LogP contribution in [0.1, 0.15) is 30.9 Å². The van der Waals surface area contributed by atoms with Crippen molar-refractivity contribution in [2.24, 2.45) is 0 Å². The quantitative estimate of drug-likeness (QED) is 0.687. The Kier molecular flexibility index (Phi) is 6.39. The van der Waals surface area contributed by atoms with Gasteiger partial charge >= 0.3 is 0 Å². The summed E-state index contributed by atoms with van der Waals surface area (Å²) < 4.78 is 53.9. The first-order valence-corrected chi connectivity index (χ1v) is 13.7. The van der Waals surface area contributed by atoms with Crippen LogP contribution in [0.15, 0.2) is 53.4 Å². The van der Waals surface area contributed by atoms with Gasteiger partial charge in [0.25, 0.3) is 0 Å². The zero-order valence-corrected chi connectivity index (χ0v) is 19.5. The first kappa shape index (κ1) is 22.9. The van der Waals surface area contributed by atoms with Gasteiger partial charge in [0.05, 0.1) is 10.6 Å². The van der Waals surface area contributed by atoms with Crippen LogP contribution >= 0.6 is 0 Å². The van der Waals surface area contributed by atoms with Gasteiger partial charge < -0.3 is 5.32 Å². The average molecular weight is 478 g/mol. The Bertz CT molecular complexity index is 1220. The van der Waals surface area contributed by atoms with Crippen molar-refractivity contribution in [2.45, 2.75) is 43.7 Å². The molecule has 2 heterocycles. The zero-order chi connectivity index (χ0) is 22.9. The number of nitrogens with one attached hydrogen (secondary N) is 1. The fourth-order valence-corrected chi connectivity index (χ4v) is 7.01. The van der Waals surface area contributed by atoms with Crippen molar-refractivity contribution in [1.29, 1.82) is 0 Å². The molecule has 32 heavy (non-hydrogen) atoms. The SMILES string of the molecule is CCS(=O)(=O)N1Cc2ccccc2C[C@@H]1C(=O)Nc1cccc(S(=O)(=O)N2CCCC2)c1. The maximum absolute atomic E-state index is 13.2. The summed E-state index contributed by atoms with van der Waals surface area (Å²) >= 11 is 0. The molecule has 4 rings (SSSR count). The highest BCUT2D eigenvalue weighted by Gasteiger charge is 2.38. The molecule has 172 valence electrons. The second-order valence-corrected chi connectivity index (χ2v) is 12.2. The number of fused-ring (bicyclic) bond motifs is 1. The largest absolute Gasteiger partial charge is 0.325 e. The van der Waals surface area contributed by atoms with E-state index in [1.807, 2.05) is 24.3 Å². The molecular formula is C22H27N3O5S2. The van der Waals surface area contributed by atoms with E-state index in [2.05, 4.69) is 5.32 Å². The summed E-state index contributed by atoms with van der Waals surface area (Å²) in [6.07, 6.45) is 1.92. The molecule has 1 N–H and O–H groups in total. The summed E-state index contributed by atoms with van der Waals surface area (Å²) in [7, 11) is -7.25. The smallest absolute Gasteiger partial charge is 0.243 e. The molecule has 2 aromatic rings. The number of rotatable bonds is 6. The van der Waals surface area contributed by atoms with Crippen molar-refractivity contribution in [3.63, 3.8) is 0 Å². The Labute approximate surface area is 189 Å². The lowest BCUT2D eigenvalue weighted by Crippen LogP contribution is -2.51. The number of benzene rings is 2. The van der Waals surface area contributed by atoms with E-state index in [1.54, 1.807) is 19.1 Å². The highest BCUT2D eigenvalue weighted by molar-refractivity contribution is 7.89. The van der Waals surface area contributed by atoms with Crippen molar-refractivity contribution in [2.75, 3.05) is 24.2 Å². The molecule has 0 saturated carbocycles. The fourth-order valence-electron chi connectivity index (χ4n) is 4.22. The van der Waals surface area contributed by atoms with Crippen LogP contribution in [-0.4, -0.2) is 56.2 Å². The summed E-state index contributed by atoms with van der Waals surface area (Å²) in [5.41, 5.74) is 2.14. The monoisotopic (exact) mass is 477 g/mol. The molecule has 2 aliphatic rings. The second-order valence-electron chi connectivity index (χ2n) is 8.06. The van der Waals surface area contributed by atoms with Crippen molar-refractivity contribution in [3.05, 3.63) is 59.7 Å². The maximum atomic E-state index is 13.2. The van der Waals surface area contributed by atoms with Crippen molar-refractivity contribution in [1.82, 2.24) is 8.61 Å². The summed E-state index contributed by atoms with van der Waals surface area (Å²) in [6.45, 7) is 2.67. The summed E-state index contributed by atoms with van der Waals surface area (Å²) in [4.78, 5) is 13.3. The summed E-state index contributed by atoms with van der Waals surface area (Å²) in [5.74, 6) is -0.588. The Morgan fingerprint density at radius 1 is 1.00 bits per heavy atom. The molecule has 1 amide bonds. The Hall–Kier alpha value is -2.27. The molecule has 0 aliphatic carbocycles. The molecule has 8 nitrogen and oxygen atoms in total. The topological polar surface area (TPSA) is 104 Å². The van der Waals surface area contributed by atoms with Crippen molar-refractivity contribution < 1.29 is 21.6 Å². The van der Waals surface area contributed by atoms with Gasteiger partial charge in [0.2, 0.25) is 26.0 Å². The van der Waals surface area contributed by atoms with Crippen LogP contribution in [0, 0.1) is 0 Å². The molecule has 2 aliphatic heterocycles. The Morgan fingerprint density at radius 2 is 1.69 bits per heavy atom. The lowest BCUT2D eigenvalue weighted by atomic mass is 9.95. The molecular weight excluding hydrogens is 450 g/mol. The van der Waals surface area contributed by atoms with Crippen molar-refractivity contribution >= 4 is 31.6 Å². The minimum atomic E-state index is -3.62. The number of carbonyl (C=O) groups is 1. The van der Waals surface area contributed by atoms with E-state index in [0.29, 0.717) is 18.8 Å². The normalized spacial score (nSPS) is 20.1. The standard InChI is InChI=1S/C22H27N3O5S2/c1-2-31(27,28)25-16-18-9-4-3-8-17(18)14-21(25)22(26)23-19-10-7-11-20(15-19)32(29,30)24-12-5-6-13-24/h3-4,7-11,15,21H,2,5-6,12-14,16H2,1H3,(H,23,26)/t21-/m1/s1. The van der Waals surface area contributed by atoms with E-state index in [4.69, 9.17) is 0 Å². The predicted molar refractivity (Wildman–Crippen MR) is 122 cm³/mol. The van der Waals surface area contributed by atoms with Crippen LogP contribution < -0.4 is 5.32 Å². The van der Waals surface area contributed by atoms with E-state index < -0.39 is 32.0 Å². The van der Waals surface area contributed by atoms with Gasteiger partial charge in [0.1, 0.15) is 6.04 Å². The Morgan fingerprint density at radius 3 is 2.38 bits per heavy atom. The van der Waals surface area contributed by atoms with Crippen LogP contribution in [0.3, 0.4) is 0 Å². The van der Waals surface area contributed by atoms with Gasteiger partial charge in [-0.1, -0.05) is 30.3 Å². The second kappa shape index (κ2) is 8.93. The third-order valence-electron chi connectivity index (χ3n) is 6.03. The van der Waals surface area contributed by atoms with Gasteiger partial charge in [-0.15, -0.1) is 0 Å². The molecule has 0 bridgehead atoms. The minimum Gasteiger partial charge on any atom is -0.325 e. The lowest BCUT2D eigenvalue weighted by molar-refractivity contribution is -0.120. The molecule has 10 heteroatoms. The molecule has 0 aromatic heterocycles. The molecule has 1 fully saturated rings. The number of amides is 1. The van der Waals surface area contributed by atoms with Gasteiger partial charge in [0.15, 0.2) is 0 Å². The summed E-state index contributed by atoms with van der Waals surface area (Å²) in [6, 6.07) is 12.7. The van der Waals surface area contributed by atoms with Crippen LogP contribution in [0.4, 0.5) is 5.69 Å². The van der Waals surface area contributed by atoms with Crippen LogP contribution in [0.25, 0.3) is 0 Å². The number of hydrogen-bond acceptors (Lipinski definition) is 5. The first-order chi connectivity index (χ1) is 15.2. The number of sulfonamides is 2. The highest BCUT2D eigenvalue weighted by atomic mass is 32.2. The molecule has 0 unspecified atom stereocenters. The van der Waals surface area contributed by atoms with E-state index in [-0.39, 0.29) is 23.6 Å². The third kappa shape index (κ3) is 4.45. The van der Waals surface area contributed by atoms with Crippen LogP contribution in [-0.2, 0) is 37.8 Å². The number of hydrogen-bond donors (Lipinski definition) is 1. The minimum absolute atomic E-state index is 0.109. The zero-order valence-electron chi connectivity index (χ0n) is 17.9. The van der Waals surface area contributed by atoms with E-state index in [1.165, 1.54) is 20.7 Å². The molecule has 1 saturated heterocycles. The maximum Gasteiger partial charge on any atom is 0.243 e. The fraction of sp³-hybridized carbons (Fsp3) is 0.409. The van der Waals surface area contributed by atoms with E-state index >= 15 is 0 Å². The lowest BCUT2D eigenvalue weighted by Gasteiger charge is -2.34. The number of anilines is 1. The summed E-state index contributed by atoms with van der Waals surface area (Å²) in [5, 5.41) is 2.74. The van der Waals surface area contributed by atoms with Crippen LogP contribution in [0.5, 0.6) is 0 Å². The van der Waals surface area contributed by atoms with Crippen LogP contribution in [0.2, 0.25) is 0 Å². The van der Waals surface area contributed by atoms with Gasteiger partial charge in [0, 0.05) is 25.3 Å². The van der Waals surface area contributed by atoms with Gasteiger partial charge in [-0.05, 0) is 55.5 Å². The Balaban J connectivity index is 1.60. The highest BCUT2D eigenvalue weighted by Crippen LogP contribution is 2.28. The molecule has 1 atom stereocenters. The number of carbonyl (C=O) groups excluding carboxylic acids is 1. The van der Waals surface area contributed by atoms with Gasteiger partial charge in [-0.2, -0.15) is 8.61 Å². The average Bonchev–Trinajstić information content (AvgIpc) is 3.34. The molecule has 0 radical (unpaired) electrons. The molecule has 2 aromatic carbocycles. The van der Waals surface area contributed by atoms with Gasteiger partial charge in [-0.25, -0.2) is 16.8 Å². The van der Waals surface area contributed by atoms with Gasteiger partial charge in [-0.3, -0.25) is 4.79 Å². The number of nitrogens with zero attached hydrogens (tertiary/aromatic N) is 2. The predicted octanol–water partition coefficient (Wildman–Crippen LogP) is 2.19. The van der Waals surface area contributed by atoms with E-state index in [9.17, 15) is 21.6 Å². The third-order valence-corrected chi connectivity index (χ3v) is 9.76.